The van der Waals surface area contributed by atoms with Crippen molar-refractivity contribution in [2.45, 2.75) is 64.3 Å². The number of halogens is 1. The van der Waals surface area contributed by atoms with Crippen LogP contribution in [0.3, 0.4) is 0 Å². The summed E-state index contributed by atoms with van der Waals surface area (Å²) < 4.78 is 40.5. The van der Waals surface area contributed by atoms with Gasteiger partial charge in [-0.25, -0.2) is 17.8 Å². The molecule has 1 aromatic carbocycles. The summed E-state index contributed by atoms with van der Waals surface area (Å²) >= 11 is 0. The quantitative estimate of drug-likeness (QED) is 0.420. The second-order valence-electron chi connectivity index (χ2n) is 8.49. The van der Waals surface area contributed by atoms with Crippen LogP contribution in [0.2, 0.25) is 0 Å². The smallest absolute Gasteiger partial charge is 0.305 e. The van der Waals surface area contributed by atoms with Gasteiger partial charge in [-0.15, -0.1) is 0 Å². The Morgan fingerprint density at radius 3 is 2.30 bits per heavy atom. The molecule has 184 valence electrons. The Kier molecular flexibility index (Phi) is 9.12. The molecule has 0 saturated heterocycles. The number of aliphatic hydroxyl groups excluding tert-OH is 2. The Hall–Kier alpha value is -2.34. The van der Waals surface area contributed by atoms with Crippen LogP contribution < -0.4 is 0 Å². The lowest BCUT2D eigenvalue weighted by Gasteiger charge is -2.20. The number of imidazole rings is 1. The van der Waals surface area contributed by atoms with Crippen LogP contribution >= 0.6 is 0 Å². The maximum atomic E-state index is 13.5. The molecule has 0 aliphatic carbocycles. The molecule has 2 atom stereocenters. The first-order valence-electron chi connectivity index (χ1n) is 10.6. The summed E-state index contributed by atoms with van der Waals surface area (Å²) in [7, 11) is -1.99. The van der Waals surface area contributed by atoms with Crippen molar-refractivity contribution in [2.24, 2.45) is 0 Å². The minimum absolute atomic E-state index is 0.0328. The van der Waals surface area contributed by atoms with E-state index in [-0.39, 0.29) is 25.4 Å². The van der Waals surface area contributed by atoms with Crippen molar-refractivity contribution >= 4 is 16.0 Å². The largest absolute Gasteiger partial charge is 0.481 e. The van der Waals surface area contributed by atoms with E-state index in [1.54, 1.807) is 12.1 Å². The third kappa shape index (κ3) is 7.60. The number of hydrogen-bond acceptors (Lipinski definition) is 6. The summed E-state index contributed by atoms with van der Waals surface area (Å²) in [6, 6.07) is 5.71. The zero-order valence-electron chi connectivity index (χ0n) is 19.3. The van der Waals surface area contributed by atoms with Crippen molar-refractivity contribution in [1.82, 2.24) is 13.9 Å². The van der Waals surface area contributed by atoms with Gasteiger partial charge >= 0.3 is 5.97 Å². The third-order valence-electron chi connectivity index (χ3n) is 5.32. The molecule has 0 fully saturated rings. The second-order valence-corrected chi connectivity index (χ2v) is 10.6. The molecule has 9 nitrogen and oxygen atoms in total. The van der Waals surface area contributed by atoms with Gasteiger partial charge in [-0.3, -0.25) is 4.79 Å². The molecule has 0 radical (unpaired) electrons. The van der Waals surface area contributed by atoms with Gasteiger partial charge in [0.15, 0.2) is 0 Å². The lowest BCUT2D eigenvalue weighted by Crippen LogP contribution is -2.27. The predicted octanol–water partition coefficient (Wildman–Crippen LogP) is 2.18. The third-order valence-corrected chi connectivity index (χ3v) is 6.58. The van der Waals surface area contributed by atoms with Gasteiger partial charge in [0.1, 0.15) is 11.6 Å². The predicted molar refractivity (Wildman–Crippen MR) is 122 cm³/mol. The molecule has 0 bridgehead atoms. The summed E-state index contributed by atoms with van der Waals surface area (Å²) in [6.07, 6.45) is -0.981. The molecule has 3 N–H and O–H groups in total. The number of carboxylic acids is 1. The van der Waals surface area contributed by atoms with Gasteiger partial charge in [-0.05, 0) is 57.4 Å². The van der Waals surface area contributed by atoms with E-state index in [9.17, 15) is 27.8 Å². The van der Waals surface area contributed by atoms with E-state index in [2.05, 4.69) is 4.98 Å². The van der Waals surface area contributed by atoms with Crippen molar-refractivity contribution < 1.29 is 32.9 Å². The summed E-state index contributed by atoms with van der Waals surface area (Å²) in [6.45, 7) is 3.89. The number of hydrogen-bond donors (Lipinski definition) is 3. The monoisotopic (exact) mass is 485 g/mol. The molecule has 0 saturated carbocycles. The Morgan fingerprint density at radius 2 is 1.79 bits per heavy atom. The Labute approximate surface area is 193 Å². The molecule has 1 aromatic heterocycles. The highest BCUT2D eigenvalue weighted by Crippen LogP contribution is 2.30. The van der Waals surface area contributed by atoms with Gasteiger partial charge in [0.2, 0.25) is 10.0 Å². The summed E-state index contributed by atoms with van der Waals surface area (Å²) in [5.41, 5.74) is 1.94. The van der Waals surface area contributed by atoms with E-state index in [1.807, 2.05) is 18.4 Å². The maximum Gasteiger partial charge on any atom is 0.305 e. The number of nitrogens with zero attached hydrogens (tertiary/aromatic N) is 3. The number of aliphatic hydroxyl groups is 2. The molecule has 0 spiro atoms. The average molecular weight is 486 g/mol. The molecular weight excluding hydrogens is 453 g/mol. The number of rotatable bonds is 12. The lowest BCUT2D eigenvalue weighted by molar-refractivity contribution is -0.139. The molecule has 11 heteroatoms. The second kappa shape index (κ2) is 11.2. The van der Waals surface area contributed by atoms with Crippen molar-refractivity contribution in [2.75, 3.05) is 13.3 Å². The molecule has 0 unspecified atom stereocenters. The molecule has 0 amide bonds. The highest BCUT2D eigenvalue weighted by Gasteiger charge is 2.24. The van der Waals surface area contributed by atoms with E-state index in [0.717, 1.165) is 11.9 Å². The highest BCUT2D eigenvalue weighted by atomic mass is 32.2. The van der Waals surface area contributed by atoms with E-state index >= 15 is 0 Å². The molecule has 1 heterocycles. The van der Waals surface area contributed by atoms with Gasteiger partial charge in [-0.1, -0.05) is 0 Å². The van der Waals surface area contributed by atoms with E-state index in [0.29, 0.717) is 23.5 Å². The lowest BCUT2D eigenvalue weighted by atomic mass is 10.0. The Balaban J connectivity index is 2.42. The fourth-order valence-corrected chi connectivity index (χ4v) is 4.00. The molecule has 0 aliphatic rings. The van der Waals surface area contributed by atoms with Gasteiger partial charge in [0.25, 0.3) is 0 Å². The number of aromatic nitrogens is 2. The molecule has 2 rings (SSSR count). The van der Waals surface area contributed by atoms with Crippen LogP contribution in [-0.4, -0.2) is 69.1 Å². The normalized spacial score (nSPS) is 14.1. The van der Waals surface area contributed by atoms with E-state index in [1.165, 1.54) is 23.5 Å². The van der Waals surface area contributed by atoms with E-state index in [4.69, 9.17) is 5.11 Å². The number of carboxylic acid groups (broad SMARTS) is 1. The molecular formula is C22H32FN3O6S. The summed E-state index contributed by atoms with van der Waals surface area (Å²) in [5.74, 6) is -1.04. The molecule has 0 aliphatic heterocycles. The van der Waals surface area contributed by atoms with Crippen LogP contribution in [0, 0.1) is 5.82 Å². The first-order chi connectivity index (χ1) is 15.3. The van der Waals surface area contributed by atoms with Gasteiger partial charge in [0, 0.05) is 24.3 Å². The SMILES string of the molecule is CC(C)n1c(CN(C)S(C)(=O)=O)nc(-c2ccc(F)cc2)c1CC[C@@H](O)C[C@@H](O)CC(=O)O. The fourth-order valence-electron chi connectivity index (χ4n) is 3.65. The zero-order chi connectivity index (χ0) is 24.9. The van der Waals surface area contributed by atoms with Gasteiger partial charge in [0.05, 0.1) is 37.1 Å². The van der Waals surface area contributed by atoms with Crippen LogP contribution in [0.4, 0.5) is 4.39 Å². The maximum absolute atomic E-state index is 13.5. The molecule has 2 aromatic rings. The first kappa shape index (κ1) is 26.9. The zero-order valence-corrected chi connectivity index (χ0v) is 20.1. The average Bonchev–Trinajstić information content (AvgIpc) is 3.03. The standard InChI is InChI=1S/C22H32FN3O6S/c1-14(2)26-19(10-9-17(27)11-18(28)12-21(29)30)22(15-5-7-16(23)8-6-15)24-20(26)13-25(3)33(4,31)32/h5-8,14,17-18,27-28H,9-13H2,1-4H3,(H,29,30)/t17-,18-/m1/s1. The minimum atomic E-state index is -3.45. The Bertz CT molecular complexity index is 1050. The van der Waals surface area contributed by atoms with Crippen LogP contribution in [0.25, 0.3) is 11.3 Å². The summed E-state index contributed by atoms with van der Waals surface area (Å²) in [5, 5.41) is 29.0. The van der Waals surface area contributed by atoms with Crippen LogP contribution in [0.15, 0.2) is 24.3 Å². The number of aliphatic carboxylic acids is 1. The van der Waals surface area contributed by atoms with Crippen molar-refractivity contribution in [1.29, 1.82) is 0 Å². The minimum Gasteiger partial charge on any atom is -0.481 e. The van der Waals surface area contributed by atoms with Crippen molar-refractivity contribution in [3.8, 4) is 11.3 Å². The van der Waals surface area contributed by atoms with Crippen molar-refractivity contribution in [3.05, 3.63) is 41.6 Å². The molecule has 33 heavy (non-hydrogen) atoms. The fraction of sp³-hybridized carbons (Fsp3) is 0.545. The van der Waals surface area contributed by atoms with E-state index < -0.39 is 40.4 Å². The number of carbonyl (C=O) groups is 1. The summed E-state index contributed by atoms with van der Waals surface area (Å²) in [4.78, 5) is 15.4. The number of benzene rings is 1. The number of sulfonamides is 1. The van der Waals surface area contributed by atoms with Gasteiger partial charge in [-0.2, -0.15) is 4.31 Å². The van der Waals surface area contributed by atoms with Crippen LogP contribution in [0.5, 0.6) is 0 Å². The Morgan fingerprint density at radius 1 is 1.18 bits per heavy atom. The van der Waals surface area contributed by atoms with Crippen LogP contribution in [0.1, 0.15) is 50.7 Å². The van der Waals surface area contributed by atoms with Gasteiger partial charge < -0.3 is 19.9 Å². The first-order valence-corrected chi connectivity index (χ1v) is 12.5. The topological polar surface area (TPSA) is 133 Å². The van der Waals surface area contributed by atoms with Crippen LogP contribution in [-0.2, 0) is 27.8 Å². The highest BCUT2D eigenvalue weighted by molar-refractivity contribution is 7.88. The van der Waals surface area contributed by atoms with Crippen molar-refractivity contribution in [3.63, 3.8) is 0 Å².